The largest absolute Gasteiger partial charge is 0.386 e. The summed E-state index contributed by atoms with van der Waals surface area (Å²) in [5.74, 6) is -0.589. The topological polar surface area (TPSA) is 115 Å². The van der Waals surface area contributed by atoms with Crippen molar-refractivity contribution in [1.29, 1.82) is 0 Å². The van der Waals surface area contributed by atoms with Gasteiger partial charge in [0.05, 0.1) is 16.3 Å². The van der Waals surface area contributed by atoms with Gasteiger partial charge in [-0.25, -0.2) is 13.4 Å². The first kappa shape index (κ1) is 23.0. The summed E-state index contributed by atoms with van der Waals surface area (Å²) in [7, 11) is -3.59. The van der Waals surface area contributed by atoms with E-state index in [0.717, 1.165) is 11.1 Å². The van der Waals surface area contributed by atoms with E-state index in [1.165, 1.54) is 12.3 Å². The molecule has 1 aliphatic heterocycles. The van der Waals surface area contributed by atoms with Crippen LogP contribution < -0.4 is 11.1 Å². The molecule has 7 nitrogen and oxygen atoms in total. The van der Waals surface area contributed by atoms with Gasteiger partial charge in [-0.1, -0.05) is 29.8 Å². The zero-order chi connectivity index (χ0) is 23.2. The fourth-order valence-corrected chi connectivity index (χ4v) is 5.22. The summed E-state index contributed by atoms with van der Waals surface area (Å²) in [6.45, 7) is 10.7. The number of rotatable bonds is 4. The summed E-state index contributed by atoms with van der Waals surface area (Å²) >= 11 is 5.83. The van der Waals surface area contributed by atoms with Crippen LogP contribution in [0.3, 0.4) is 0 Å². The summed E-state index contributed by atoms with van der Waals surface area (Å²) in [6, 6.07) is 8.31. The van der Waals surface area contributed by atoms with Crippen LogP contribution in [0, 0.1) is 0 Å². The number of carbonyl (C=O) groups excluding carboxylic acids is 1. The molecule has 0 aliphatic carbocycles. The van der Waals surface area contributed by atoms with Crippen molar-refractivity contribution in [3.05, 3.63) is 65.0 Å². The van der Waals surface area contributed by atoms with Gasteiger partial charge < -0.3 is 11.1 Å². The fourth-order valence-electron chi connectivity index (χ4n) is 3.43. The molecular formula is C22H25ClN4O3S. The van der Waals surface area contributed by atoms with Crippen molar-refractivity contribution in [3.8, 4) is 0 Å². The molecule has 1 aromatic heterocycles. The third kappa shape index (κ3) is 4.22. The number of nitrogens with zero attached hydrogens (tertiary/aromatic N) is 2. The number of amides is 1. The van der Waals surface area contributed by atoms with Crippen LogP contribution in [0.1, 0.15) is 49.3 Å². The predicted octanol–water partition coefficient (Wildman–Crippen LogP) is 3.80. The van der Waals surface area contributed by atoms with Crippen molar-refractivity contribution in [2.24, 2.45) is 10.7 Å². The van der Waals surface area contributed by atoms with Gasteiger partial charge in [0.1, 0.15) is 16.3 Å². The van der Waals surface area contributed by atoms with E-state index in [1.54, 1.807) is 45.0 Å². The molecule has 3 N–H and O–H groups in total. The predicted molar refractivity (Wildman–Crippen MR) is 125 cm³/mol. The number of aliphatic imine (C=N–C) groups is 1. The number of benzene rings is 1. The van der Waals surface area contributed by atoms with Gasteiger partial charge in [-0.15, -0.1) is 0 Å². The number of carbonyl (C=O) groups is 1. The molecule has 0 spiro atoms. The number of aromatic nitrogens is 1. The highest BCUT2D eigenvalue weighted by Crippen LogP contribution is 2.40. The van der Waals surface area contributed by atoms with E-state index >= 15 is 0 Å². The van der Waals surface area contributed by atoms with Crippen molar-refractivity contribution < 1.29 is 13.2 Å². The second kappa shape index (κ2) is 7.76. The van der Waals surface area contributed by atoms with Crippen LogP contribution in [0.2, 0.25) is 5.02 Å². The Morgan fingerprint density at radius 1 is 1.23 bits per heavy atom. The van der Waals surface area contributed by atoms with Gasteiger partial charge >= 0.3 is 0 Å². The Labute approximate surface area is 187 Å². The lowest BCUT2D eigenvalue weighted by Gasteiger charge is -2.38. The maximum atomic E-state index is 13.0. The van der Waals surface area contributed by atoms with Crippen molar-refractivity contribution in [2.45, 2.75) is 38.0 Å². The number of hydrogen-bond donors (Lipinski definition) is 2. The standard InChI is InChI=1S/C22H25ClN4O3S/c1-13(2)16-8-7-15(26-19(28)18-9-6-14(23)11-25-18)10-17(16)22(5)12-31(29,30)21(3,4)20(24)27-22/h6-11H,1,12H2,2-5H3,(H2,24,27)(H,26,28). The van der Waals surface area contributed by atoms with Crippen molar-refractivity contribution in [2.75, 3.05) is 11.1 Å². The Bertz CT molecular complexity index is 1200. The third-order valence-electron chi connectivity index (χ3n) is 5.51. The van der Waals surface area contributed by atoms with Crippen molar-refractivity contribution >= 4 is 44.4 Å². The summed E-state index contributed by atoms with van der Waals surface area (Å²) in [5, 5.41) is 3.21. The number of amidine groups is 1. The number of hydrogen-bond acceptors (Lipinski definition) is 6. The Kier molecular flexibility index (Phi) is 5.75. The minimum Gasteiger partial charge on any atom is -0.386 e. The van der Waals surface area contributed by atoms with Crippen LogP contribution in [0.5, 0.6) is 0 Å². The van der Waals surface area contributed by atoms with Crippen LogP contribution in [0.4, 0.5) is 5.69 Å². The van der Waals surface area contributed by atoms with Gasteiger partial charge in [0.2, 0.25) is 0 Å². The number of pyridine rings is 1. The Hall–Kier alpha value is -2.71. The molecule has 1 amide bonds. The molecule has 1 unspecified atom stereocenters. The Morgan fingerprint density at radius 2 is 1.90 bits per heavy atom. The van der Waals surface area contributed by atoms with Gasteiger partial charge in [0.15, 0.2) is 9.84 Å². The molecule has 0 fully saturated rings. The van der Waals surface area contributed by atoms with E-state index in [9.17, 15) is 13.2 Å². The van der Waals surface area contributed by atoms with E-state index in [-0.39, 0.29) is 17.3 Å². The average molecular weight is 461 g/mol. The van der Waals surface area contributed by atoms with Crippen LogP contribution in [0.25, 0.3) is 5.57 Å². The summed E-state index contributed by atoms with van der Waals surface area (Å²) in [5.41, 5.74) is 7.73. The molecule has 0 saturated heterocycles. The number of halogens is 1. The lowest BCUT2D eigenvalue weighted by Crippen LogP contribution is -2.54. The van der Waals surface area contributed by atoms with E-state index in [0.29, 0.717) is 16.3 Å². The molecule has 0 radical (unpaired) electrons. The first-order valence-electron chi connectivity index (χ1n) is 9.58. The number of allylic oxidation sites excluding steroid dienone is 1. The van der Waals surface area contributed by atoms with Crippen molar-refractivity contribution in [1.82, 2.24) is 4.98 Å². The Morgan fingerprint density at radius 3 is 2.45 bits per heavy atom. The summed E-state index contributed by atoms with van der Waals surface area (Å²) in [6.07, 6.45) is 1.39. The molecule has 164 valence electrons. The molecule has 0 saturated carbocycles. The molecule has 1 aliphatic rings. The normalized spacial score (nSPS) is 21.8. The lowest BCUT2D eigenvalue weighted by atomic mass is 9.87. The number of nitrogens with two attached hydrogens (primary N) is 1. The first-order valence-corrected chi connectivity index (χ1v) is 11.6. The van der Waals surface area contributed by atoms with Crippen molar-refractivity contribution in [3.63, 3.8) is 0 Å². The second-order valence-corrected chi connectivity index (χ2v) is 11.4. The van der Waals surface area contributed by atoms with E-state index < -0.39 is 26.0 Å². The highest BCUT2D eigenvalue weighted by molar-refractivity contribution is 7.93. The van der Waals surface area contributed by atoms with E-state index in [2.05, 4.69) is 21.9 Å². The maximum absolute atomic E-state index is 13.0. The number of sulfone groups is 1. The molecular weight excluding hydrogens is 436 g/mol. The number of anilines is 1. The van der Waals surface area contributed by atoms with Gasteiger partial charge in [0, 0.05) is 11.9 Å². The minimum atomic E-state index is -3.59. The molecule has 9 heteroatoms. The van der Waals surface area contributed by atoms with Gasteiger partial charge in [0.25, 0.3) is 5.91 Å². The van der Waals surface area contributed by atoms with Crippen LogP contribution >= 0.6 is 11.6 Å². The SMILES string of the molecule is C=C(C)c1ccc(NC(=O)c2ccc(Cl)cn2)cc1C1(C)CS(=O)(=O)C(C)(C)C(N)=N1. The highest BCUT2D eigenvalue weighted by Gasteiger charge is 2.49. The molecule has 3 rings (SSSR count). The Balaban J connectivity index is 2.07. The first-order chi connectivity index (χ1) is 14.3. The zero-order valence-corrected chi connectivity index (χ0v) is 19.4. The molecule has 31 heavy (non-hydrogen) atoms. The fraction of sp³-hybridized carbons (Fsp3) is 0.318. The van der Waals surface area contributed by atoms with Crippen LogP contribution in [-0.4, -0.2) is 35.6 Å². The van der Waals surface area contributed by atoms with E-state index in [4.69, 9.17) is 17.3 Å². The molecule has 2 aromatic rings. The van der Waals surface area contributed by atoms with Crippen LogP contribution in [0.15, 0.2) is 48.1 Å². The third-order valence-corrected chi connectivity index (χ3v) is 8.44. The monoisotopic (exact) mass is 460 g/mol. The van der Waals surface area contributed by atoms with Gasteiger partial charge in [-0.3, -0.25) is 9.79 Å². The highest BCUT2D eigenvalue weighted by atomic mass is 35.5. The minimum absolute atomic E-state index is 0.0497. The molecule has 1 aromatic carbocycles. The van der Waals surface area contributed by atoms with E-state index in [1.807, 2.05) is 6.92 Å². The summed E-state index contributed by atoms with van der Waals surface area (Å²) in [4.78, 5) is 21.2. The van der Waals surface area contributed by atoms with Crippen LogP contribution in [-0.2, 0) is 15.4 Å². The lowest BCUT2D eigenvalue weighted by molar-refractivity contribution is 0.102. The quantitative estimate of drug-likeness (QED) is 0.720. The molecule has 1 atom stereocenters. The second-order valence-electron chi connectivity index (χ2n) is 8.40. The maximum Gasteiger partial charge on any atom is 0.274 e. The molecule has 2 heterocycles. The zero-order valence-electron chi connectivity index (χ0n) is 17.9. The number of nitrogens with one attached hydrogen (secondary N) is 1. The smallest absolute Gasteiger partial charge is 0.274 e. The van der Waals surface area contributed by atoms with Gasteiger partial charge in [-0.05, 0) is 63.1 Å². The summed E-state index contributed by atoms with van der Waals surface area (Å²) < 4.78 is 24.7. The van der Waals surface area contributed by atoms with Gasteiger partial charge in [-0.2, -0.15) is 0 Å². The molecule has 0 bridgehead atoms. The average Bonchev–Trinajstić information content (AvgIpc) is 2.66.